The molecule has 0 fully saturated rings. The van der Waals surface area contributed by atoms with Crippen LogP contribution in [0.15, 0.2) is 46.9 Å². The van der Waals surface area contributed by atoms with E-state index in [9.17, 15) is 0 Å². The molecule has 1 atom stereocenters. The topological polar surface area (TPSA) is 0 Å². The zero-order valence-corrected chi connectivity index (χ0v) is 12.2. The lowest BCUT2D eigenvalue weighted by molar-refractivity contribution is 0.991. The van der Waals surface area contributed by atoms with Crippen LogP contribution < -0.4 is 0 Å². The molecule has 1 aliphatic carbocycles. The fourth-order valence-corrected chi connectivity index (χ4v) is 3.19. The van der Waals surface area contributed by atoms with Crippen molar-refractivity contribution >= 4 is 22.0 Å². The van der Waals surface area contributed by atoms with Crippen molar-refractivity contribution in [3.8, 4) is 11.1 Å². The molecule has 1 aliphatic rings. The molecule has 0 bridgehead atoms. The van der Waals surface area contributed by atoms with Gasteiger partial charge in [-0.05, 0) is 40.8 Å². The van der Waals surface area contributed by atoms with Gasteiger partial charge in [-0.1, -0.05) is 65.3 Å². The van der Waals surface area contributed by atoms with Crippen molar-refractivity contribution in [2.75, 3.05) is 0 Å². The number of aryl methyl sites for hydroxylation is 1. The van der Waals surface area contributed by atoms with Crippen LogP contribution in [-0.4, -0.2) is 0 Å². The van der Waals surface area contributed by atoms with Crippen LogP contribution in [0.5, 0.6) is 0 Å². The van der Waals surface area contributed by atoms with Crippen molar-refractivity contribution in [3.05, 3.63) is 63.6 Å². The quantitative estimate of drug-likeness (QED) is 0.647. The van der Waals surface area contributed by atoms with Gasteiger partial charge in [0.15, 0.2) is 0 Å². The average Bonchev–Trinajstić information content (AvgIpc) is 2.75. The largest absolute Gasteiger partial charge is 0.0766 e. The smallest absolute Gasteiger partial charge is 0.0251 e. The van der Waals surface area contributed by atoms with E-state index in [0.29, 0.717) is 5.92 Å². The zero-order chi connectivity index (χ0) is 12.7. The Morgan fingerprint density at radius 3 is 2.56 bits per heavy atom. The molecule has 1 heteroatoms. The van der Waals surface area contributed by atoms with Crippen molar-refractivity contribution in [3.63, 3.8) is 0 Å². The SMILES string of the molecule is Cc1ccccc1-c1ccc(Br)c2c1C(C)C=C2. The molecule has 0 nitrogen and oxygen atoms in total. The highest BCUT2D eigenvalue weighted by Crippen LogP contribution is 2.41. The van der Waals surface area contributed by atoms with E-state index < -0.39 is 0 Å². The van der Waals surface area contributed by atoms with Gasteiger partial charge in [-0.25, -0.2) is 0 Å². The van der Waals surface area contributed by atoms with Crippen molar-refractivity contribution in [1.82, 2.24) is 0 Å². The summed E-state index contributed by atoms with van der Waals surface area (Å²) in [6, 6.07) is 13.0. The Morgan fingerprint density at radius 2 is 1.78 bits per heavy atom. The third-order valence-electron chi connectivity index (χ3n) is 3.68. The summed E-state index contributed by atoms with van der Waals surface area (Å²) in [5.74, 6) is 0.493. The number of halogens is 1. The van der Waals surface area contributed by atoms with Crippen molar-refractivity contribution in [1.29, 1.82) is 0 Å². The highest BCUT2D eigenvalue weighted by Gasteiger charge is 2.20. The molecule has 3 rings (SSSR count). The number of hydrogen-bond acceptors (Lipinski definition) is 0. The molecule has 0 heterocycles. The number of rotatable bonds is 1. The first-order valence-corrected chi connectivity index (χ1v) is 7.04. The van der Waals surface area contributed by atoms with Crippen LogP contribution in [0.25, 0.3) is 17.2 Å². The van der Waals surface area contributed by atoms with Gasteiger partial charge in [-0.2, -0.15) is 0 Å². The van der Waals surface area contributed by atoms with Crippen LogP contribution in [-0.2, 0) is 0 Å². The molecule has 2 aromatic carbocycles. The van der Waals surface area contributed by atoms with Gasteiger partial charge >= 0.3 is 0 Å². The fraction of sp³-hybridized carbons (Fsp3) is 0.176. The van der Waals surface area contributed by atoms with E-state index in [4.69, 9.17) is 0 Å². The van der Waals surface area contributed by atoms with Crippen LogP contribution in [0.4, 0.5) is 0 Å². The second-order valence-electron chi connectivity index (χ2n) is 4.89. The first kappa shape index (κ1) is 11.7. The number of fused-ring (bicyclic) bond motifs is 1. The Bertz CT molecular complexity index is 638. The Morgan fingerprint density at radius 1 is 1.00 bits per heavy atom. The maximum absolute atomic E-state index is 3.65. The van der Waals surface area contributed by atoms with Crippen LogP contribution >= 0.6 is 15.9 Å². The van der Waals surface area contributed by atoms with Gasteiger partial charge in [0.1, 0.15) is 0 Å². The molecule has 18 heavy (non-hydrogen) atoms. The Hall–Kier alpha value is -1.34. The summed E-state index contributed by atoms with van der Waals surface area (Å²) in [4.78, 5) is 0. The summed E-state index contributed by atoms with van der Waals surface area (Å²) in [7, 11) is 0. The first-order valence-electron chi connectivity index (χ1n) is 6.25. The minimum absolute atomic E-state index is 0.493. The molecule has 90 valence electrons. The summed E-state index contributed by atoms with van der Waals surface area (Å²) in [5.41, 5.74) is 6.82. The van der Waals surface area contributed by atoms with E-state index in [1.54, 1.807) is 0 Å². The summed E-state index contributed by atoms with van der Waals surface area (Å²) in [6.45, 7) is 4.44. The van der Waals surface area contributed by atoms with E-state index in [1.807, 2.05) is 0 Å². The Labute approximate surface area is 116 Å². The summed E-state index contributed by atoms with van der Waals surface area (Å²) in [6.07, 6.45) is 4.50. The summed E-state index contributed by atoms with van der Waals surface area (Å²) < 4.78 is 1.19. The lowest BCUT2D eigenvalue weighted by atomic mass is 9.90. The molecule has 0 saturated carbocycles. The lowest BCUT2D eigenvalue weighted by Crippen LogP contribution is -1.95. The van der Waals surface area contributed by atoms with Crippen LogP contribution in [0.1, 0.15) is 29.5 Å². The monoisotopic (exact) mass is 298 g/mol. The average molecular weight is 299 g/mol. The minimum Gasteiger partial charge on any atom is -0.0766 e. The molecular weight excluding hydrogens is 284 g/mol. The van der Waals surface area contributed by atoms with E-state index >= 15 is 0 Å². The van der Waals surface area contributed by atoms with Crippen molar-refractivity contribution in [2.24, 2.45) is 0 Å². The zero-order valence-electron chi connectivity index (χ0n) is 10.6. The first-order chi connectivity index (χ1) is 8.68. The normalized spacial score (nSPS) is 16.9. The van der Waals surface area contributed by atoms with E-state index in [2.05, 4.69) is 78.3 Å². The molecule has 0 radical (unpaired) electrons. The highest BCUT2D eigenvalue weighted by molar-refractivity contribution is 9.10. The summed E-state index contributed by atoms with van der Waals surface area (Å²) in [5, 5.41) is 0. The highest BCUT2D eigenvalue weighted by atomic mass is 79.9. The lowest BCUT2D eigenvalue weighted by Gasteiger charge is -2.15. The molecule has 0 aliphatic heterocycles. The van der Waals surface area contributed by atoms with Gasteiger partial charge in [-0.15, -0.1) is 0 Å². The third-order valence-corrected chi connectivity index (χ3v) is 4.37. The number of hydrogen-bond donors (Lipinski definition) is 0. The van der Waals surface area contributed by atoms with Crippen molar-refractivity contribution in [2.45, 2.75) is 19.8 Å². The van der Waals surface area contributed by atoms with Gasteiger partial charge in [0.25, 0.3) is 0 Å². The second kappa shape index (κ2) is 4.40. The molecule has 0 spiro atoms. The maximum atomic E-state index is 3.65. The van der Waals surface area contributed by atoms with Crippen LogP contribution in [0.3, 0.4) is 0 Å². The predicted molar refractivity (Wildman–Crippen MR) is 81.8 cm³/mol. The van der Waals surface area contributed by atoms with E-state index in [-0.39, 0.29) is 0 Å². The minimum atomic E-state index is 0.493. The number of allylic oxidation sites excluding steroid dienone is 1. The number of benzene rings is 2. The van der Waals surface area contributed by atoms with E-state index in [1.165, 1.54) is 32.3 Å². The molecular formula is C17H15Br. The van der Waals surface area contributed by atoms with Gasteiger partial charge in [0.05, 0.1) is 0 Å². The molecule has 0 N–H and O–H groups in total. The van der Waals surface area contributed by atoms with Gasteiger partial charge in [0.2, 0.25) is 0 Å². The third kappa shape index (κ3) is 1.74. The van der Waals surface area contributed by atoms with Crippen LogP contribution in [0.2, 0.25) is 0 Å². The predicted octanol–water partition coefficient (Wildman–Crippen LogP) is 5.55. The fourth-order valence-electron chi connectivity index (χ4n) is 2.72. The van der Waals surface area contributed by atoms with Gasteiger partial charge < -0.3 is 0 Å². The summed E-state index contributed by atoms with van der Waals surface area (Å²) >= 11 is 3.65. The second-order valence-corrected chi connectivity index (χ2v) is 5.74. The Balaban J connectivity index is 2.28. The maximum Gasteiger partial charge on any atom is 0.0251 e. The van der Waals surface area contributed by atoms with Crippen LogP contribution in [0, 0.1) is 6.92 Å². The molecule has 0 amide bonds. The Kier molecular flexibility index (Phi) is 2.87. The molecule has 0 saturated heterocycles. The molecule has 1 unspecified atom stereocenters. The molecule has 2 aromatic rings. The standard InChI is InChI=1S/C17H15Br/c1-11-5-3-4-6-13(11)14-9-10-16(18)15-8-7-12(2)17(14)15/h3-10,12H,1-2H3. The van der Waals surface area contributed by atoms with Crippen molar-refractivity contribution < 1.29 is 0 Å². The van der Waals surface area contributed by atoms with Gasteiger partial charge in [0, 0.05) is 10.4 Å². The van der Waals surface area contributed by atoms with Gasteiger partial charge in [-0.3, -0.25) is 0 Å². The molecule has 0 aromatic heterocycles. The van der Waals surface area contributed by atoms with E-state index in [0.717, 1.165) is 0 Å².